The van der Waals surface area contributed by atoms with Crippen LogP contribution in [0, 0.1) is 5.92 Å². The molecule has 3 rings (SSSR count). The van der Waals surface area contributed by atoms with Gasteiger partial charge in [0.05, 0.1) is 6.10 Å². The number of ether oxygens (including phenoxy) is 1. The number of hydrogen-bond acceptors (Lipinski definition) is 5. The molecule has 3 aromatic rings. The number of hydrogen-bond donors (Lipinski definition) is 0. The largest absolute Gasteiger partial charge is 0.451 e. The van der Waals surface area contributed by atoms with Crippen molar-refractivity contribution in [3.63, 3.8) is 0 Å². The molecule has 1 unspecified atom stereocenters. The Morgan fingerprint density at radius 1 is 0.767 bits per heavy atom. The molecule has 0 bridgehead atoms. The van der Waals surface area contributed by atoms with E-state index < -0.39 is 16.6 Å². The van der Waals surface area contributed by atoms with Crippen LogP contribution in [0.2, 0.25) is 23.2 Å². The topological polar surface area (TPSA) is 44.8 Å². The molecule has 43 heavy (non-hydrogen) atoms. The summed E-state index contributed by atoms with van der Waals surface area (Å²) in [6.07, 6.45) is 0.547. The van der Waals surface area contributed by atoms with Crippen LogP contribution < -0.4 is 10.4 Å². The fourth-order valence-electron chi connectivity index (χ4n) is 5.28. The molecule has 0 aliphatic rings. The first-order chi connectivity index (χ1) is 20.1. The maximum atomic E-state index is 12.3. The van der Waals surface area contributed by atoms with Crippen molar-refractivity contribution in [3.05, 3.63) is 91.0 Å². The predicted octanol–water partition coefficient (Wildman–Crippen LogP) is 8.66. The van der Waals surface area contributed by atoms with Gasteiger partial charge in [-0.2, -0.15) is 0 Å². The molecule has 4 nitrogen and oxygen atoms in total. The van der Waals surface area contributed by atoms with Crippen LogP contribution in [0.15, 0.2) is 95.9 Å². The summed E-state index contributed by atoms with van der Waals surface area (Å²) in [5.41, 5.74) is -0.387. The highest BCUT2D eigenvalue weighted by Crippen LogP contribution is 2.41. The monoisotopic (exact) mass is 636 g/mol. The van der Waals surface area contributed by atoms with Crippen LogP contribution in [0.4, 0.5) is 0 Å². The number of benzene rings is 3. The molecule has 0 amide bonds. The lowest BCUT2D eigenvalue weighted by Crippen LogP contribution is -2.66. The SMILES string of the molecule is CC(=O)OC(Sc1ccccc1)[C@@H](C)[C@H](CCO[Si](c1ccccc1)(c1ccccc1)C(C)(C)C)O[Si](C)(C)C(C)(C)C. The summed E-state index contributed by atoms with van der Waals surface area (Å²) in [4.78, 5) is 13.4. The van der Waals surface area contributed by atoms with E-state index in [-0.39, 0.29) is 33.5 Å². The van der Waals surface area contributed by atoms with Crippen LogP contribution in [0.3, 0.4) is 0 Å². The minimum atomic E-state index is -2.70. The second-order valence-electron chi connectivity index (χ2n) is 14.0. The van der Waals surface area contributed by atoms with Gasteiger partial charge in [0.25, 0.3) is 8.32 Å². The third kappa shape index (κ3) is 8.95. The van der Waals surface area contributed by atoms with Gasteiger partial charge in [0, 0.05) is 24.3 Å². The summed E-state index contributed by atoms with van der Waals surface area (Å²) in [5.74, 6) is -0.346. The number of thioether (sulfide) groups is 1. The van der Waals surface area contributed by atoms with Crippen molar-refractivity contribution >= 4 is 44.7 Å². The van der Waals surface area contributed by atoms with Gasteiger partial charge in [-0.1, -0.05) is 139 Å². The van der Waals surface area contributed by atoms with E-state index >= 15 is 0 Å². The molecule has 0 aromatic heterocycles. The lowest BCUT2D eigenvalue weighted by atomic mass is 10.0. The van der Waals surface area contributed by atoms with Gasteiger partial charge in [-0.3, -0.25) is 4.79 Å². The summed E-state index contributed by atoms with van der Waals surface area (Å²) in [6.45, 7) is 22.5. The molecule has 0 saturated heterocycles. The highest BCUT2D eigenvalue weighted by Gasteiger charge is 2.50. The van der Waals surface area contributed by atoms with Gasteiger partial charge in [0.2, 0.25) is 0 Å². The highest BCUT2D eigenvalue weighted by atomic mass is 32.2. The van der Waals surface area contributed by atoms with Gasteiger partial charge in [0.15, 0.2) is 13.8 Å². The molecule has 0 aliphatic carbocycles. The van der Waals surface area contributed by atoms with Gasteiger partial charge in [-0.15, -0.1) is 0 Å². The van der Waals surface area contributed by atoms with E-state index in [2.05, 4.69) is 134 Å². The summed E-state index contributed by atoms with van der Waals surface area (Å²) in [6, 6.07) is 31.7. The molecule has 0 fully saturated rings. The molecule has 0 saturated carbocycles. The maximum Gasteiger partial charge on any atom is 0.303 e. The van der Waals surface area contributed by atoms with Crippen molar-refractivity contribution in [2.24, 2.45) is 5.92 Å². The zero-order valence-corrected chi connectivity index (χ0v) is 30.7. The molecule has 0 spiro atoms. The van der Waals surface area contributed by atoms with Crippen molar-refractivity contribution < 1.29 is 18.4 Å². The Kier molecular flexibility index (Phi) is 12.1. The van der Waals surface area contributed by atoms with Crippen LogP contribution in [-0.4, -0.2) is 40.8 Å². The summed E-state index contributed by atoms with van der Waals surface area (Å²) in [7, 11) is -4.86. The van der Waals surface area contributed by atoms with Crippen molar-refractivity contribution in [1.82, 2.24) is 0 Å². The lowest BCUT2D eigenvalue weighted by Gasteiger charge is -2.44. The molecule has 3 aromatic carbocycles. The lowest BCUT2D eigenvalue weighted by molar-refractivity contribution is -0.145. The first-order valence-corrected chi connectivity index (χ1v) is 21.1. The van der Waals surface area contributed by atoms with E-state index in [9.17, 15) is 4.79 Å². The van der Waals surface area contributed by atoms with Crippen LogP contribution in [0.1, 0.15) is 61.8 Å². The van der Waals surface area contributed by atoms with Gasteiger partial charge < -0.3 is 13.6 Å². The Morgan fingerprint density at radius 2 is 1.23 bits per heavy atom. The van der Waals surface area contributed by atoms with E-state index in [0.29, 0.717) is 13.0 Å². The molecule has 0 radical (unpaired) electrons. The van der Waals surface area contributed by atoms with Gasteiger partial charge in [-0.25, -0.2) is 0 Å². The Balaban J connectivity index is 1.99. The minimum Gasteiger partial charge on any atom is -0.451 e. The number of rotatable bonds is 13. The molecular formula is C36H52O4SSi2. The fraction of sp³-hybridized carbons (Fsp3) is 0.472. The first-order valence-electron chi connectivity index (χ1n) is 15.4. The van der Waals surface area contributed by atoms with Crippen molar-refractivity contribution in [3.8, 4) is 0 Å². The van der Waals surface area contributed by atoms with Crippen molar-refractivity contribution in [2.45, 2.75) is 101 Å². The smallest absolute Gasteiger partial charge is 0.303 e. The van der Waals surface area contributed by atoms with Crippen LogP contribution in [0.5, 0.6) is 0 Å². The van der Waals surface area contributed by atoms with E-state index in [4.69, 9.17) is 13.6 Å². The first kappa shape index (κ1) is 35.3. The van der Waals surface area contributed by atoms with Crippen molar-refractivity contribution in [2.75, 3.05) is 6.61 Å². The second kappa shape index (κ2) is 14.7. The minimum absolute atomic E-state index is 0.0350. The van der Waals surface area contributed by atoms with Crippen LogP contribution >= 0.6 is 11.8 Å². The number of carbonyl (C=O) groups is 1. The molecule has 234 valence electrons. The van der Waals surface area contributed by atoms with E-state index in [1.807, 2.05) is 18.2 Å². The van der Waals surface area contributed by atoms with Crippen molar-refractivity contribution in [1.29, 1.82) is 0 Å². The van der Waals surface area contributed by atoms with E-state index in [1.54, 1.807) is 11.8 Å². The zero-order chi connectivity index (χ0) is 31.9. The average Bonchev–Trinajstić information content (AvgIpc) is 2.94. The Bertz CT molecular complexity index is 1230. The molecular weight excluding hydrogens is 585 g/mol. The third-order valence-corrected chi connectivity index (χ3v) is 19.5. The number of carbonyl (C=O) groups excluding carboxylic acids is 1. The zero-order valence-electron chi connectivity index (χ0n) is 27.8. The predicted molar refractivity (Wildman–Crippen MR) is 187 cm³/mol. The summed E-state index contributed by atoms with van der Waals surface area (Å²) >= 11 is 1.58. The van der Waals surface area contributed by atoms with Gasteiger partial charge in [0.1, 0.15) is 0 Å². The second-order valence-corrected chi connectivity index (χ2v) is 24.2. The normalized spacial score (nSPS) is 15.0. The highest BCUT2D eigenvalue weighted by molar-refractivity contribution is 7.99. The number of esters is 1. The van der Waals surface area contributed by atoms with E-state index in [0.717, 1.165) is 4.90 Å². The Morgan fingerprint density at radius 3 is 1.65 bits per heavy atom. The molecule has 0 heterocycles. The van der Waals surface area contributed by atoms with Gasteiger partial charge >= 0.3 is 5.97 Å². The quantitative estimate of drug-likeness (QED) is 0.0813. The Hall–Kier alpha value is -2.17. The van der Waals surface area contributed by atoms with Crippen LogP contribution in [0.25, 0.3) is 0 Å². The maximum absolute atomic E-state index is 12.3. The van der Waals surface area contributed by atoms with Gasteiger partial charge in [-0.05, 0) is 52.1 Å². The summed E-state index contributed by atoms with van der Waals surface area (Å²) in [5, 5.41) is 2.45. The van der Waals surface area contributed by atoms with E-state index in [1.165, 1.54) is 17.3 Å². The molecule has 3 atom stereocenters. The molecule has 0 aliphatic heterocycles. The van der Waals surface area contributed by atoms with Crippen LogP contribution in [-0.2, 0) is 18.4 Å². The molecule has 0 N–H and O–H groups in total. The summed E-state index contributed by atoms with van der Waals surface area (Å²) < 4.78 is 20.4. The standard InChI is InChI=1S/C36H52O4SSi2/c1-28(34(39-29(2)37)41-30-20-14-11-15-21-30)33(40-42(9,10)35(3,4)5)26-27-38-43(36(6,7)8,31-22-16-12-17-23-31)32-24-18-13-19-25-32/h11-25,28,33-34H,26-27H2,1-10H3/t28-,33-,34?/m0/s1. The third-order valence-electron chi connectivity index (χ3n) is 8.68. The average molecular weight is 637 g/mol. The Labute approximate surface area is 267 Å². The fourth-order valence-corrected chi connectivity index (χ4v) is 12.5. The molecule has 7 heteroatoms.